The maximum absolute atomic E-state index is 10.3. The van der Waals surface area contributed by atoms with Gasteiger partial charge in [0, 0.05) is 0 Å². The van der Waals surface area contributed by atoms with Crippen LogP contribution in [0.3, 0.4) is 0 Å². The minimum absolute atomic E-state index is 0.273. The SMILES string of the molecule is CC1(C2(O)CCCCC2)CC1. The van der Waals surface area contributed by atoms with Crippen LogP contribution in [0.2, 0.25) is 0 Å². The second kappa shape index (κ2) is 2.22. The van der Waals surface area contributed by atoms with E-state index in [1.807, 2.05) is 0 Å². The summed E-state index contributed by atoms with van der Waals surface area (Å²) in [7, 11) is 0. The normalized spacial score (nSPS) is 33.3. The van der Waals surface area contributed by atoms with Gasteiger partial charge in [-0.2, -0.15) is 0 Å². The molecule has 0 bridgehead atoms. The molecule has 0 spiro atoms. The van der Waals surface area contributed by atoms with Gasteiger partial charge in [-0.1, -0.05) is 26.2 Å². The highest BCUT2D eigenvalue weighted by Gasteiger charge is 2.54. The van der Waals surface area contributed by atoms with E-state index in [9.17, 15) is 5.11 Å². The van der Waals surface area contributed by atoms with Crippen LogP contribution < -0.4 is 0 Å². The molecule has 0 radical (unpaired) electrons. The van der Waals surface area contributed by atoms with E-state index in [2.05, 4.69) is 6.92 Å². The molecule has 0 heterocycles. The second-order valence-electron chi connectivity index (χ2n) is 4.65. The van der Waals surface area contributed by atoms with E-state index in [1.54, 1.807) is 0 Å². The van der Waals surface area contributed by atoms with Gasteiger partial charge in [-0.05, 0) is 31.1 Å². The predicted octanol–water partition coefficient (Wildman–Crippen LogP) is 2.48. The highest BCUT2D eigenvalue weighted by molar-refractivity contribution is 5.06. The summed E-state index contributed by atoms with van der Waals surface area (Å²) >= 11 is 0. The topological polar surface area (TPSA) is 20.2 Å². The molecule has 11 heavy (non-hydrogen) atoms. The summed E-state index contributed by atoms with van der Waals surface area (Å²) in [5, 5.41) is 10.3. The van der Waals surface area contributed by atoms with Crippen LogP contribution in [0.15, 0.2) is 0 Å². The van der Waals surface area contributed by atoms with Gasteiger partial charge >= 0.3 is 0 Å². The standard InChI is InChI=1S/C10H18O/c1-9(7-8-9)10(11)5-3-2-4-6-10/h11H,2-8H2,1H3. The zero-order chi connectivity index (χ0) is 7.95. The Kier molecular flexibility index (Phi) is 1.54. The van der Waals surface area contributed by atoms with Crippen molar-refractivity contribution in [1.82, 2.24) is 0 Å². The van der Waals surface area contributed by atoms with Crippen molar-refractivity contribution in [3.8, 4) is 0 Å². The third kappa shape index (κ3) is 1.10. The van der Waals surface area contributed by atoms with E-state index in [0.29, 0.717) is 5.41 Å². The van der Waals surface area contributed by atoms with Crippen molar-refractivity contribution in [2.45, 2.75) is 57.5 Å². The Morgan fingerprint density at radius 1 is 0.909 bits per heavy atom. The largest absolute Gasteiger partial charge is 0.389 e. The van der Waals surface area contributed by atoms with Gasteiger partial charge < -0.3 is 5.11 Å². The fraction of sp³-hybridized carbons (Fsp3) is 1.00. The Morgan fingerprint density at radius 3 is 1.91 bits per heavy atom. The fourth-order valence-electron chi connectivity index (χ4n) is 2.39. The van der Waals surface area contributed by atoms with E-state index in [1.165, 1.54) is 32.1 Å². The number of aliphatic hydroxyl groups is 1. The summed E-state index contributed by atoms with van der Waals surface area (Å²) in [5.74, 6) is 0. The van der Waals surface area contributed by atoms with Gasteiger partial charge in [0.2, 0.25) is 0 Å². The molecule has 1 heteroatoms. The lowest BCUT2D eigenvalue weighted by atomic mass is 9.74. The quantitative estimate of drug-likeness (QED) is 0.615. The van der Waals surface area contributed by atoms with Gasteiger partial charge in [0.05, 0.1) is 5.60 Å². The van der Waals surface area contributed by atoms with E-state index in [-0.39, 0.29) is 5.60 Å². The molecule has 0 amide bonds. The molecule has 0 atom stereocenters. The van der Waals surface area contributed by atoms with Crippen molar-refractivity contribution in [2.75, 3.05) is 0 Å². The van der Waals surface area contributed by atoms with Gasteiger partial charge in [0.25, 0.3) is 0 Å². The lowest BCUT2D eigenvalue weighted by molar-refractivity contribution is -0.0555. The molecule has 0 aliphatic heterocycles. The number of hydrogen-bond donors (Lipinski definition) is 1. The molecule has 0 aromatic heterocycles. The summed E-state index contributed by atoms with van der Waals surface area (Å²) in [5.41, 5.74) is 0.0403. The van der Waals surface area contributed by atoms with Gasteiger partial charge in [0.15, 0.2) is 0 Å². The van der Waals surface area contributed by atoms with Crippen LogP contribution in [-0.4, -0.2) is 10.7 Å². The molecule has 2 fully saturated rings. The molecule has 1 nitrogen and oxygen atoms in total. The molecule has 0 aromatic rings. The maximum Gasteiger partial charge on any atom is 0.0701 e. The smallest absolute Gasteiger partial charge is 0.0701 e. The Morgan fingerprint density at radius 2 is 1.45 bits per heavy atom. The molecule has 0 unspecified atom stereocenters. The van der Waals surface area contributed by atoms with Gasteiger partial charge in [0.1, 0.15) is 0 Å². The second-order valence-corrected chi connectivity index (χ2v) is 4.65. The summed E-state index contributed by atoms with van der Waals surface area (Å²) in [6.07, 6.45) is 8.44. The maximum atomic E-state index is 10.3. The molecular formula is C10H18O. The summed E-state index contributed by atoms with van der Waals surface area (Å²) in [4.78, 5) is 0. The van der Waals surface area contributed by atoms with Crippen molar-refractivity contribution < 1.29 is 5.11 Å². The van der Waals surface area contributed by atoms with Gasteiger partial charge in [-0.15, -0.1) is 0 Å². The van der Waals surface area contributed by atoms with Crippen LogP contribution >= 0.6 is 0 Å². The molecule has 0 saturated heterocycles. The third-order valence-electron chi connectivity index (χ3n) is 3.80. The van der Waals surface area contributed by atoms with Crippen LogP contribution in [0.4, 0.5) is 0 Å². The Hall–Kier alpha value is -0.0400. The lowest BCUT2D eigenvalue weighted by Gasteiger charge is -2.37. The molecule has 2 saturated carbocycles. The first-order valence-corrected chi connectivity index (χ1v) is 4.89. The van der Waals surface area contributed by atoms with Gasteiger partial charge in [-0.3, -0.25) is 0 Å². The summed E-state index contributed by atoms with van der Waals surface area (Å²) < 4.78 is 0. The highest BCUT2D eigenvalue weighted by Crippen LogP contribution is 2.58. The first-order valence-electron chi connectivity index (χ1n) is 4.89. The van der Waals surface area contributed by atoms with Crippen LogP contribution in [0, 0.1) is 5.41 Å². The third-order valence-corrected chi connectivity index (χ3v) is 3.80. The summed E-state index contributed by atoms with van der Waals surface area (Å²) in [6.45, 7) is 2.25. The average molecular weight is 154 g/mol. The molecule has 0 aromatic carbocycles. The van der Waals surface area contributed by atoms with Crippen molar-refractivity contribution >= 4 is 0 Å². The van der Waals surface area contributed by atoms with Crippen LogP contribution in [0.1, 0.15) is 51.9 Å². The molecule has 2 aliphatic carbocycles. The molecule has 1 N–H and O–H groups in total. The predicted molar refractivity (Wildman–Crippen MR) is 45.4 cm³/mol. The highest BCUT2D eigenvalue weighted by atomic mass is 16.3. The first-order chi connectivity index (χ1) is 5.16. The molecular weight excluding hydrogens is 136 g/mol. The molecule has 2 aliphatic rings. The van der Waals surface area contributed by atoms with E-state index in [4.69, 9.17) is 0 Å². The van der Waals surface area contributed by atoms with Crippen molar-refractivity contribution in [3.63, 3.8) is 0 Å². The van der Waals surface area contributed by atoms with Crippen LogP contribution in [0.5, 0.6) is 0 Å². The Labute approximate surface area is 68.8 Å². The zero-order valence-corrected chi connectivity index (χ0v) is 7.40. The summed E-state index contributed by atoms with van der Waals surface area (Å²) in [6, 6.07) is 0. The minimum atomic E-state index is -0.273. The minimum Gasteiger partial charge on any atom is -0.389 e. The fourth-order valence-corrected chi connectivity index (χ4v) is 2.39. The van der Waals surface area contributed by atoms with E-state index >= 15 is 0 Å². The van der Waals surface area contributed by atoms with Crippen molar-refractivity contribution in [1.29, 1.82) is 0 Å². The van der Waals surface area contributed by atoms with Crippen LogP contribution in [0.25, 0.3) is 0 Å². The zero-order valence-electron chi connectivity index (χ0n) is 7.40. The van der Waals surface area contributed by atoms with Crippen molar-refractivity contribution in [3.05, 3.63) is 0 Å². The number of hydrogen-bond acceptors (Lipinski definition) is 1. The van der Waals surface area contributed by atoms with Crippen LogP contribution in [-0.2, 0) is 0 Å². The molecule has 2 rings (SSSR count). The average Bonchev–Trinajstić information content (AvgIpc) is 2.71. The van der Waals surface area contributed by atoms with Crippen molar-refractivity contribution in [2.24, 2.45) is 5.41 Å². The Balaban J connectivity index is 2.07. The van der Waals surface area contributed by atoms with E-state index < -0.39 is 0 Å². The molecule has 64 valence electrons. The number of rotatable bonds is 1. The van der Waals surface area contributed by atoms with Gasteiger partial charge in [-0.25, -0.2) is 0 Å². The lowest BCUT2D eigenvalue weighted by Crippen LogP contribution is -2.39. The monoisotopic (exact) mass is 154 g/mol. The Bertz CT molecular complexity index is 152. The van der Waals surface area contributed by atoms with E-state index in [0.717, 1.165) is 12.8 Å². The first kappa shape index (κ1) is 7.60.